The smallest absolute Gasteiger partial charge is 0.209 e. The van der Waals surface area contributed by atoms with E-state index in [-0.39, 0.29) is 5.41 Å². The molecule has 7 heteroatoms. The van der Waals surface area contributed by atoms with Crippen LogP contribution in [-0.2, 0) is 15.3 Å². The Kier molecular flexibility index (Phi) is 19.0. The number of rotatable bonds is 29. The summed E-state index contributed by atoms with van der Waals surface area (Å²) in [7, 11) is -3.77. The summed E-state index contributed by atoms with van der Waals surface area (Å²) in [5.41, 5.74) is 10.9. The quantitative estimate of drug-likeness (QED) is 0.0439. The predicted octanol–water partition coefficient (Wildman–Crippen LogP) is 21.8. The summed E-state index contributed by atoms with van der Waals surface area (Å²) in [6, 6.07) is 32.2. The minimum atomic E-state index is -3.77. The molecule has 2 aromatic carbocycles. The Hall–Kier alpha value is -3.33. The monoisotopic (exact) mass is 1030 g/mol. The Bertz CT molecular complexity index is 2820. The lowest BCUT2D eigenvalue weighted by molar-refractivity contribution is 0.398. The Morgan fingerprint density at radius 1 is 0.400 bits per heavy atom. The maximum atomic E-state index is 15.4. The van der Waals surface area contributed by atoms with Crippen molar-refractivity contribution in [3.05, 3.63) is 127 Å². The fraction of sp³-hybridized carbons (Fsp3) is 0.492. The SMILES string of the molecule is CCCCCCCCC1(CCCCCCCC)c2cc(C)ccc2-c2ccc(-c3ccc(-c4ccc(C5=C(CCCCCC)C(CCCCCC)=C(c6ccc(-c7ccc(C)s7)s6)S5(=O)=O)s4)s3)cc21. The van der Waals surface area contributed by atoms with Gasteiger partial charge in [0.25, 0.3) is 0 Å². The van der Waals surface area contributed by atoms with E-state index in [2.05, 4.69) is 126 Å². The summed E-state index contributed by atoms with van der Waals surface area (Å²) in [5.74, 6) is 0. The molecule has 0 amide bonds. The molecule has 0 atom stereocenters. The van der Waals surface area contributed by atoms with Crippen LogP contribution in [0, 0.1) is 13.8 Å². The van der Waals surface area contributed by atoms with Crippen molar-refractivity contribution in [2.75, 3.05) is 0 Å². The maximum absolute atomic E-state index is 15.4. The van der Waals surface area contributed by atoms with Gasteiger partial charge in [-0.3, -0.25) is 0 Å². The van der Waals surface area contributed by atoms with E-state index < -0.39 is 9.84 Å². The summed E-state index contributed by atoms with van der Waals surface area (Å²) in [5, 5.41) is 0. The van der Waals surface area contributed by atoms with Crippen molar-refractivity contribution in [1.82, 2.24) is 0 Å². The fourth-order valence-corrected chi connectivity index (χ4v) is 18.3. The number of fused-ring (bicyclic) bond motifs is 3. The molecule has 2 aliphatic rings. The first-order valence-corrected chi connectivity index (χ1v) is 32.2. The maximum Gasteiger partial charge on any atom is 0.209 e. The number of benzene rings is 2. The molecule has 0 saturated heterocycles. The van der Waals surface area contributed by atoms with Gasteiger partial charge in [-0.25, -0.2) is 8.42 Å². The van der Waals surface area contributed by atoms with Crippen LogP contribution in [0.25, 0.3) is 50.9 Å². The standard InChI is InChI=1S/C63H80O2S5/c1-7-11-15-19-21-25-41-63(42-26-22-20-16-12-8-2)52-43-45(5)29-32-48(52)49-33-31-47(44-53(49)63)54-35-36-57(67-54)58-38-40-60(69-58)62-51(28-24-18-14-10-4)50(27-23-17-13-9-3)61(70(62,64)65)59-39-37-56(68-59)55-34-30-46(6)66-55/h29-40,43-44H,7-28,41-42H2,1-6H3. The molecule has 0 radical (unpaired) electrons. The Morgan fingerprint density at radius 2 is 0.800 bits per heavy atom. The Balaban J connectivity index is 1.13. The third-order valence-corrected chi connectivity index (χ3v) is 22.2. The first-order chi connectivity index (χ1) is 34.1. The van der Waals surface area contributed by atoms with Gasteiger partial charge in [-0.15, -0.1) is 45.3 Å². The highest BCUT2D eigenvalue weighted by molar-refractivity contribution is 8.09. The molecule has 70 heavy (non-hydrogen) atoms. The van der Waals surface area contributed by atoms with Crippen LogP contribution in [-0.4, -0.2) is 8.42 Å². The second-order valence-electron chi connectivity index (χ2n) is 20.6. The van der Waals surface area contributed by atoms with Gasteiger partial charge in [-0.2, -0.15) is 0 Å². The second kappa shape index (κ2) is 25.1. The largest absolute Gasteiger partial charge is 0.218 e. The minimum Gasteiger partial charge on any atom is -0.218 e. The van der Waals surface area contributed by atoms with E-state index in [0.717, 1.165) is 82.0 Å². The highest BCUT2D eigenvalue weighted by Crippen LogP contribution is 2.57. The lowest BCUT2D eigenvalue weighted by atomic mass is 9.70. The number of allylic oxidation sites excluding steroid dienone is 2. The predicted molar refractivity (Wildman–Crippen MR) is 313 cm³/mol. The summed E-state index contributed by atoms with van der Waals surface area (Å²) < 4.78 is 30.8. The van der Waals surface area contributed by atoms with Crippen LogP contribution >= 0.6 is 45.3 Å². The molecule has 0 spiro atoms. The van der Waals surface area contributed by atoms with Crippen molar-refractivity contribution in [1.29, 1.82) is 0 Å². The van der Waals surface area contributed by atoms with Gasteiger partial charge in [0.15, 0.2) is 0 Å². The summed E-state index contributed by atoms with van der Waals surface area (Å²) in [6.45, 7) is 13.5. The molecule has 2 nitrogen and oxygen atoms in total. The molecule has 0 fully saturated rings. The van der Waals surface area contributed by atoms with Crippen LogP contribution in [0.15, 0.2) is 96.1 Å². The van der Waals surface area contributed by atoms with E-state index in [4.69, 9.17) is 0 Å². The zero-order valence-corrected chi connectivity index (χ0v) is 47.5. The third kappa shape index (κ3) is 11.9. The lowest BCUT2D eigenvalue weighted by Crippen LogP contribution is -2.25. The van der Waals surface area contributed by atoms with Gasteiger partial charge < -0.3 is 0 Å². The average molecular weight is 1030 g/mol. The van der Waals surface area contributed by atoms with Crippen molar-refractivity contribution in [3.63, 3.8) is 0 Å². The van der Waals surface area contributed by atoms with Gasteiger partial charge in [0.1, 0.15) is 0 Å². The fourth-order valence-electron chi connectivity index (χ4n) is 11.5. The average Bonchev–Trinajstić information content (AvgIpc) is 4.23. The van der Waals surface area contributed by atoms with Crippen LogP contribution in [0.2, 0.25) is 0 Å². The second-order valence-corrected chi connectivity index (χ2v) is 26.9. The minimum absolute atomic E-state index is 0.0368. The molecule has 1 aliphatic carbocycles. The normalized spacial score (nSPS) is 14.9. The van der Waals surface area contributed by atoms with Crippen molar-refractivity contribution >= 4 is 65.0 Å². The third-order valence-electron chi connectivity index (χ3n) is 15.2. The van der Waals surface area contributed by atoms with E-state index in [0.29, 0.717) is 9.81 Å². The number of thiophene rings is 4. The Morgan fingerprint density at radius 3 is 1.30 bits per heavy atom. The Labute approximate surface area is 439 Å². The van der Waals surface area contributed by atoms with Crippen LogP contribution in [0.4, 0.5) is 0 Å². The van der Waals surface area contributed by atoms with Crippen molar-refractivity contribution in [2.24, 2.45) is 0 Å². The molecule has 8 rings (SSSR count). The van der Waals surface area contributed by atoms with E-state index in [1.807, 2.05) is 11.3 Å². The summed E-state index contributed by atoms with van der Waals surface area (Å²) in [4.78, 5) is 10.2. The van der Waals surface area contributed by atoms with E-state index in [1.54, 1.807) is 45.1 Å². The van der Waals surface area contributed by atoms with Crippen LogP contribution in [0.1, 0.15) is 213 Å². The number of aryl methyl sites for hydroxylation is 2. The molecule has 6 aromatic rings. The van der Waals surface area contributed by atoms with Crippen LogP contribution < -0.4 is 0 Å². The molecule has 1 aliphatic heterocycles. The molecule has 0 saturated carbocycles. The van der Waals surface area contributed by atoms with Crippen molar-refractivity contribution in [2.45, 2.75) is 201 Å². The van der Waals surface area contributed by atoms with Gasteiger partial charge in [0, 0.05) is 44.4 Å². The number of unbranched alkanes of at least 4 members (excludes halogenated alkanes) is 16. The summed E-state index contributed by atoms with van der Waals surface area (Å²) in [6.07, 6.45) is 28.8. The van der Waals surface area contributed by atoms with Gasteiger partial charge in [0.2, 0.25) is 9.84 Å². The summed E-state index contributed by atoms with van der Waals surface area (Å²) >= 11 is 6.96. The van der Waals surface area contributed by atoms with Gasteiger partial charge in [0.05, 0.1) is 9.81 Å². The van der Waals surface area contributed by atoms with Crippen molar-refractivity contribution < 1.29 is 8.42 Å². The zero-order valence-electron chi connectivity index (χ0n) is 43.4. The first kappa shape index (κ1) is 53.0. The van der Waals surface area contributed by atoms with Crippen LogP contribution in [0.3, 0.4) is 0 Å². The molecule has 4 aromatic heterocycles. The number of hydrogen-bond donors (Lipinski definition) is 0. The van der Waals surface area contributed by atoms with Gasteiger partial charge in [-0.1, -0.05) is 179 Å². The molecule has 374 valence electrons. The van der Waals surface area contributed by atoms with E-state index >= 15 is 8.42 Å². The molecule has 0 unspecified atom stereocenters. The topological polar surface area (TPSA) is 34.1 Å². The molecule has 5 heterocycles. The highest BCUT2D eigenvalue weighted by atomic mass is 32.2. The van der Waals surface area contributed by atoms with Gasteiger partial charge >= 0.3 is 0 Å². The van der Waals surface area contributed by atoms with E-state index in [9.17, 15) is 0 Å². The van der Waals surface area contributed by atoms with E-state index in [1.165, 1.54) is 144 Å². The number of sulfone groups is 1. The highest BCUT2D eigenvalue weighted by Gasteiger charge is 2.43. The van der Waals surface area contributed by atoms with Gasteiger partial charge in [-0.05, 0) is 146 Å². The molecular formula is C63H80O2S5. The van der Waals surface area contributed by atoms with Crippen LogP contribution in [0.5, 0.6) is 0 Å². The molecule has 0 bridgehead atoms. The molecular weight excluding hydrogens is 949 g/mol. The molecule has 0 N–H and O–H groups in total. The van der Waals surface area contributed by atoms with Crippen molar-refractivity contribution in [3.8, 4) is 41.1 Å². The first-order valence-electron chi connectivity index (χ1n) is 27.5. The lowest BCUT2D eigenvalue weighted by Gasteiger charge is -2.33. The number of hydrogen-bond acceptors (Lipinski definition) is 6. The zero-order chi connectivity index (χ0) is 49.1.